The highest BCUT2D eigenvalue weighted by molar-refractivity contribution is 7.91. The second-order valence-corrected chi connectivity index (χ2v) is 16.8. The Hall–Kier alpha value is -3.02. The number of thiophene rings is 1. The van der Waals surface area contributed by atoms with Gasteiger partial charge in [-0.1, -0.05) is 41.0 Å². The number of aryl methyl sites for hydroxylation is 1. The summed E-state index contributed by atoms with van der Waals surface area (Å²) in [6, 6.07) is 23.2. The van der Waals surface area contributed by atoms with E-state index in [-0.39, 0.29) is 5.41 Å². The molecular formula is C34H36ClN5O3S2. The van der Waals surface area contributed by atoms with Crippen LogP contribution in [-0.2, 0) is 15.4 Å². The van der Waals surface area contributed by atoms with Crippen LogP contribution in [0.25, 0.3) is 21.6 Å². The Morgan fingerprint density at radius 1 is 1.04 bits per heavy atom. The van der Waals surface area contributed by atoms with Crippen molar-refractivity contribution < 1.29 is 12.9 Å². The van der Waals surface area contributed by atoms with Crippen molar-refractivity contribution >= 4 is 44.0 Å². The predicted molar refractivity (Wildman–Crippen MR) is 177 cm³/mol. The Bertz CT molecular complexity index is 1960. The van der Waals surface area contributed by atoms with E-state index in [0.717, 1.165) is 47.6 Å². The number of imidazole rings is 1. The summed E-state index contributed by atoms with van der Waals surface area (Å²) in [6.45, 7) is 3.51. The molecule has 0 radical (unpaired) electrons. The monoisotopic (exact) mass is 661 g/mol. The molecule has 3 fully saturated rings. The van der Waals surface area contributed by atoms with Crippen molar-refractivity contribution in [2.75, 3.05) is 20.1 Å². The molecule has 5 atom stereocenters. The van der Waals surface area contributed by atoms with Crippen LogP contribution in [0.15, 0.2) is 81.7 Å². The van der Waals surface area contributed by atoms with Crippen molar-refractivity contribution in [1.29, 1.82) is 0 Å². The van der Waals surface area contributed by atoms with Gasteiger partial charge in [-0.2, -0.15) is 4.31 Å². The molecule has 8 rings (SSSR count). The number of rotatable bonds is 9. The molecule has 0 spiro atoms. The molecule has 45 heavy (non-hydrogen) atoms. The van der Waals surface area contributed by atoms with Gasteiger partial charge in [0.2, 0.25) is 0 Å². The summed E-state index contributed by atoms with van der Waals surface area (Å²) in [6.07, 6.45) is 7.10. The number of sulfonamides is 1. The predicted octanol–water partition coefficient (Wildman–Crippen LogP) is 7.16. The standard InChI is InChI=1S/C34H36ClN5O3S2/c1-22-36-29-8-3-4-9-31(29)40(22)28-17-26-10-11-27(18-28)39(26)20-24-19-34(24,23-6-5-7-25(35)16-23)21-38(2)45(41,42)33-13-12-32(44-33)30-14-15-43-37-30/h3-9,12-16,24,26-28H,10-11,17-21H2,1-2H3/t24-,26-,27+,28-,34+/m0/s1. The van der Waals surface area contributed by atoms with E-state index in [2.05, 4.69) is 51.9 Å². The van der Waals surface area contributed by atoms with E-state index < -0.39 is 10.0 Å². The highest BCUT2D eigenvalue weighted by Crippen LogP contribution is 2.57. The summed E-state index contributed by atoms with van der Waals surface area (Å²) in [5, 5.41) is 4.65. The third-order valence-corrected chi connectivity index (χ3v) is 14.1. The maximum Gasteiger partial charge on any atom is 0.252 e. The van der Waals surface area contributed by atoms with Gasteiger partial charge in [0, 0.05) is 54.8 Å². The minimum Gasteiger partial charge on any atom is -0.364 e. The average molecular weight is 662 g/mol. The number of hydrogen-bond acceptors (Lipinski definition) is 7. The summed E-state index contributed by atoms with van der Waals surface area (Å²) < 4.78 is 37.0. The number of para-hydroxylation sites is 2. The van der Waals surface area contributed by atoms with Crippen molar-refractivity contribution in [2.24, 2.45) is 5.92 Å². The number of hydrogen-bond donors (Lipinski definition) is 0. The fraction of sp³-hybridized carbons (Fsp3) is 0.412. The summed E-state index contributed by atoms with van der Waals surface area (Å²) in [4.78, 5) is 8.37. The van der Waals surface area contributed by atoms with E-state index in [1.807, 2.05) is 18.2 Å². The third kappa shape index (κ3) is 5.06. The van der Waals surface area contributed by atoms with Crippen LogP contribution >= 0.6 is 22.9 Å². The number of benzene rings is 2. The molecule has 2 aromatic carbocycles. The van der Waals surface area contributed by atoms with E-state index >= 15 is 0 Å². The van der Waals surface area contributed by atoms with Crippen LogP contribution in [-0.4, -0.2) is 64.6 Å². The van der Waals surface area contributed by atoms with Crippen LogP contribution in [0.5, 0.6) is 0 Å². The van der Waals surface area contributed by atoms with Crippen molar-refractivity contribution in [3.63, 3.8) is 0 Å². The Balaban J connectivity index is 1.03. The highest BCUT2D eigenvalue weighted by atomic mass is 35.5. The molecule has 5 aromatic rings. The Labute approximate surface area is 272 Å². The van der Waals surface area contributed by atoms with Crippen LogP contribution in [0.4, 0.5) is 0 Å². The molecule has 5 heterocycles. The van der Waals surface area contributed by atoms with Crippen molar-refractivity contribution in [3.8, 4) is 10.6 Å². The molecule has 2 aliphatic heterocycles. The molecule has 2 saturated heterocycles. The lowest BCUT2D eigenvalue weighted by Gasteiger charge is -2.40. The number of halogens is 1. The van der Waals surface area contributed by atoms with Crippen molar-refractivity contribution in [2.45, 2.75) is 66.8 Å². The highest BCUT2D eigenvalue weighted by Gasteiger charge is 2.58. The molecular weight excluding hydrogens is 626 g/mol. The lowest BCUT2D eigenvalue weighted by molar-refractivity contribution is 0.0989. The fourth-order valence-corrected chi connectivity index (χ4v) is 11.2. The topological polar surface area (TPSA) is 84.5 Å². The van der Waals surface area contributed by atoms with Crippen molar-refractivity contribution in [3.05, 3.63) is 89.4 Å². The smallest absolute Gasteiger partial charge is 0.252 e. The SMILES string of the molecule is Cc1nc2ccccc2n1[C@@H]1C[C@H]2CC[C@@H](C1)N2C[C@@H]1C[C@@]1(CN(C)S(=O)(=O)c1ccc(-c2ccon2)s1)c1cccc(Cl)c1. The minimum absolute atomic E-state index is 0.285. The number of aromatic nitrogens is 3. The lowest BCUT2D eigenvalue weighted by Crippen LogP contribution is -2.45. The van der Waals surface area contributed by atoms with E-state index in [4.69, 9.17) is 21.1 Å². The maximum atomic E-state index is 13.8. The summed E-state index contributed by atoms with van der Waals surface area (Å²) in [5.74, 6) is 1.44. The van der Waals surface area contributed by atoms with Gasteiger partial charge in [0.1, 0.15) is 22.0 Å². The molecule has 8 nitrogen and oxygen atoms in total. The second-order valence-electron chi connectivity index (χ2n) is 13.1. The molecule has 0 unspecified atom stereocenters. The van der Waals surface area contributed by atoms with Crippen LogP contribution in [0.3, 0.4) is 0 Å². The molecule has 2 bridgehead atoms. The van der Waals surface area contributed by atoms with E-state index in [1.54, 1.807) is 29.6 Å². The molecule has 3 aliphatic rings. The number of likely N-dealkylation sites (N-methyl/N-ethyl adjacent to an activating group) is 1. The Kier molecular flexibility index (Phi) is 7.22. The van der Waals surface area contributed by atoms with Gasteiger partial charge in [0.25, 0.3) is 10.0 Å². The first-order valence-corrected chi connectivity index (χ1v) is 18.3. The largest absolute Gasteiger partial charge is 0.364 e. The van der Waals surface area contributed by atoms with Gasteiger partial charge >= 0.3 is 0 Å². The number of piperidine rings is 1. The van der Waals surface area contributed by atoms with Gasteiger partial charge in [-0.15, -0.1) is 11.3 Å². The van der Waals surface area contributed by atoms with Gasteiger partial charge < -0.3 is 9.09 Å². The van der Waals surface area contributed by atoms with Crippen LogP contribution in [0.2, 0.25) is 5.02 Å². The summed E-state index contributed by atoms with van der Waals surface area (Å²) in [5.41, 5.74) is 3.78. The molecule has 0 amide bonds. The number of nitrogens with zero attached hydrogens (tertiary/aromatic N) is 5. The first kappa shape index (κ1) is 29.4. The summed E-state index contributed by atoms with van der Waals surface area (Å²) >= 11 is 7.73. The van der Waals surface area contributed by atoms with Gasteiger partial charge in [-0.05, 0) is 86.9 Å². The zero-order valence-corrected chi connectivity index (χ0v) is 27.7. The minimum atomic E-state index is -3.70. The zero-order chi connectivity index (χ0) is 30.9. The van der Waals surface area contributed by atoms with Gasteiger partial charge in [0.15, 0.2) is 0 Å². The lowest BCUT2D eigenvalue weighted by atomic mass is 9.91. The Morgan fingerprint density at radius 3 is 2.60 bits per heavy atom. The zero-order valence-electron chi connectivity index (χ0n) is 25.3. The first-order chi connectivity index (χ1) is 21.7. The van der Waals surface area contributed by atoms with Gasteiger partial charge in [-0.25, -0.2) is 13.4 Å². The fourth-order valence-electron chi connectivity index (χ4n) is 8.26. The average Bonchev–Trinajstić information content (AvgIpc) is 3.53. The molecule has 234 valence electrons. The van der Waals surface area contributed by atoms with Gasteiger partial charge in [0.05, 0.1) is 15.9 Å². The first-order valence-electron chi connectivity index (χ1n) is 15.7. The normalized spacial score (nSPS) is 26.7. The molecule has 11 heteroatoms. The molecule has 3 aromatic heterocycles. The van der Waals surface area contributed by atoms with E-state index in [0.29, 0.717) is 45.5 Å². The second kappa shape index (κ2) is 11.1. The van der Waals surface area contributed by atoms with E-state index in [1.165, 1.54) is 36.0 Å². The molecule has 1 aliphatic carbocycles. The Morgan fingerprint density at radius 2 is 1.84 bits per heavy atom. The maximum absolute atomic E-state index is 13.8. The summed E-state index contributed by atoms with van der Waals surface area (Å²) in [7, 11) is -1.99. The van der Waals surface area contributed by atoms with Crippen molar-refractivity contribution in [1.82, 2.24) is 23.9 Å². The quantitative estimate of drug-likeness (QED) is 0.167. The van der Waals surface area contributed by atoms with Crippen LogP contribution in [0, 0.1) is 12.8 Å². The number of fused-ring (bicyclic) bond motifs is 3. The van der Waals surface area contributed by atoms with Gasteiger partial charge in [-0.3, -0.25) is 4.90 Å². The van der Waals surface area contributed by atoms with Crippen LogP contribution in [0.1, 0.15) is 49.5 Å². The molecule has 1 saturated carbocycles. The van der Waals surface area contributed by atoms with E-state index in [9.17, 15) is 8.42 Å². The van der Waals surface area contributed by atoms with Crippen LogP contribution < -0.4 is 0 Å². The third-order valence-electron chi connectivity index (χ3n) is 10.5. The molecule has 0 N–H and O–H groups in total.